The number of methoxy groups -OCH3 is 1. The average molecular weight is 347 g/mol. The van der Waals surface area contributed by atoms with Crippen molar-refractivity contribution in [1.29, 1.82) is 0 Å². The summed E-state index contributed by atoms with van der Waals surface area (Å²) in [7, 11) is 1.67. The molecule has 1 aromatic rings. The Morgan fingerprint density at radius 1 is 1.32 bits per heavy atom. The van der Waals surface area contributed by atoms with Gasteiger partial charge in [0.05, 0.1) is 19.8 Å². The summed E-state index contributed by atoms with van der Waals surface area (Å²) >= 11 is 0. The van der Waals surface area contributed by atoms with Crippen LogP contribution >= 0.6 is 0 Å². The maximum absolute atomic E-state index is 11.6. The molecule has 5 nitrogen and oxygen atoms in total. The summed E-state index contributed by atoms with van der Waals surface area (Å²) < 4.78 is 11.4. The molecular weight excluding hydrogens is 318 g/mol. The van der Waals surface area contributed by atoms with E-state index in [2.05, 4.69) is 17.4 Å². The monoisotopic (exact) mass is 347 g/mol. The molecule has 1 aromatic carbocycles. The molecule has 25 heavy (non-hydrogen) atoms. The topological polar surface area (TPSA) is 64.6 Å². The third-order valence-corrected chi connectivity index (χ3v) is 4.63. The number of fused-ring (bicyclic) bond motifs is 1. The van der Waals surface area contributed by atoms with Gasteiger partial charge < -0.3 is 14.8 Å². The largest absolute Gasteiger partial charge is 0.493 e. The van der Waals surface area contributed by atoms with Gasteiger partial charge in [-0.05, 0) is 75.1 Å². The first-order valence-corrected chi connectivity index (χ1v) is 9.08. The molecule has 0 spiro atoms. The van der Waals surface area contributed by atoms with Gasteiger partial charge in [0, 0.05) is 6.42 Å². The van der Waals surface area contributed by atoms with E-state index in [-0.39, 0.29) is 18.4 Å². The van der Waals surface area contributed by atoms with E-state index in [0.717, 1.165) is 43.6 Å². The molecule has 0 aromatic heterocycles. The highest BCUT2D eigenvalue weighted by Gasteiger charge is 2.21. The van der Waals surface area contributed by atoms with Crippen LogP contribution in [-0.2, 0) is 22.4 Å². The number of ether oxygens (including phenoxy) is 2. The van der Waals surface area contributed by atoms with Crippen molar-refractivity contribution >= 4 is 12.2 Å². The van der Waals surface area contributed by atoms with Crippen molar-refractivity contribution in [2.45, 2.75) is 58.5 Å². The predicted octanol–water partition coefficient (Wildman–Crippen LogP) is 3.07. The number of benzene rings is 1. The second-order valence-electron chi connectivity index (χ2n) is 6.98. The molecule has 0 saturated carbocycles. The highest BCUT2D eigenvalue weighted by molar-refractivity contribution is 5.81. The fourth-order valence-corrected chi connectivity index (χ4v) is 3.42. The number of amides is 1. The lowest BCUT2D eigenvalue weighted by molar-refractivity contribution is -0.120. The van der Waals surface area contributed by atoms with Crippen molar-refractivity contribution < 1.29 is 19.1 Å². The summed E-state index contributed by atoms with van der Waals surface area (Å²) in [4.78, 5) is 21.8. The number of carbonyl (C=O) groups is 2. The molecule has 0 heterocycles. The standard InChI is InChI=1S/C20H29NO4/c1-14(2)25-20-10-16-8-7-15(9-17(16)11-19(20)24-3)5-4-6-18(23)12-21-13-22/h10-11,13-15H,4-9,12H2,1-3H3,(H,21,22). The zero-order valence-electron chi connectivity index (χ0n) is 15.5. The highest BCUT2D eigenvalue weighted by Crippen LogP contribution is 2.37. The first-order chi connectivity index (χ1) is 12.0. The molecule has 1 aliphatic carbocycles. The SMILES string of the molecule is COc1cc2c(cc1OC(C)C)CCC(CCCC(=O)CNC=O)C2. The number of carbonyl (C=O) groups excluding carboxylic acids is 2. The van der Waals surface area contributed by atoms with Gasteiger partial charge in [-0.1, -0.05) is 0 Å². The van der Waals surface area contributed by atoms with Gasteiger partial charge >= 0.3 is 0 Å². The summed E-state index contributed by atoms with van der Waals surface area (Å²) in [6.07, 6.45) is 6.35. The lowest BCUT2D eigenvalue weighted by atomic mass is 9.81. The van der Waals surface area contributed by atoms with E-state index in [1.54, 1.807) is 7.11 Å². The van der Waals surface area contributed by atoms with Gasteiger partial charge in [-0.15, -0.1) is 0 Å². The third kappa shape index (κ3) is 5.76. The van der Waals surface area contributed by atoms with Gasteiger partial charge in [-0.3, -0.25) is 9.59 Å². The maximum Gasteiger partial charge on any atom is 0.207 e. The molecule has 0 radical (unpaired) electrons. The van der Waals surface area contributed by atoms with Crippen LogP contribution in [0.3, 0.4) is 0 Å². The molecule has 1 amide bonds. The Bertz CT molecular complexity index is 598. The minimum atomic E-state index is 0.0976. The third-order valence-electron chi connectivity index (χ3n) is 4.63. The van der Waals surface area contributed by atoms with E-state index in [0.29, 0.717) is 18.7 Å². The summed E-state index contributed by atoms with van der Waals surface area (Å²) in [5.74, 6) is 2.31. The maximum atomic E-state index is 11.6. The van der Waals surface area contributed by atoms with Gasteiger partial charge in [0.2, 0.25) is 6.41 Å². The van der Waals surface area contributed by atoms with E-state index in [1.807, 2.05) is 13.8 Å². The van der Waals surface area contributed by atoms with Gasteiger partial charge in [0.25, 0.3) is 0 Å². The van der Waals surface area contributed by atoms with Crippen LogP contribution in [0.2, 0.25) is 0 Å². The molecule has 0 fully saturated rings. The molecule has 5 heteroatoms. The molecule has 0 bridgehead atoms. The summed E-state index contributed by atoms with van der Waals surface area (Å²) in [5.41, 5.74) is 2.68. The van der Waals surface area contributed by atoms with Crippen LogP contribution in [0.25, 0.3) is 0 Å². The van der Waals surface area contributed by atoms with Crippen molar-refractivity contribution in [1.82, 2.24) is 5.32 Å². The van der Waals surface area contributed by atoms with Crippen LogP contribution in [0.15, 0.2) is 12.1 Å². The lowest BCUT2D eigenvalue weighted by Gasteiger charge is -2.26. The number of rotatable bonds is 10. The Labute approximate surface area is 150 Å². The number of Topliss-reactive ketones (excluding diaryl/α,β-unsaturated/α-hetero) is 1. The molecule has 1 N–H and O–H groups in total. The number of hydrogen-bond donors (Lipinski definition) is 1. The van der Waals surface area contributed by atoms with Crippen LogP contribution in [0.5, 0.6) is 11.5 Å². The second kappa shape index (κ2) is 9.44. The van der Waals surface area contributed by atoms with Crippen molar-refractivity contribution in [3.63, 3.8) is 0 Å². The van der Waals surface area contributed by atoms with Gasteiger partial charge in [-0.2, -0.15) is 0 Å². The zero-order valence-corrected chi connectivity index (χ0v) is 15.5. The minimum Gasteiger partial charge on any atom is -0.493 e. The van der Waals surface area contributed by atoms with Crippen molar-refractivity contribution in [2.75, 3.05) is 13.7 Å². The molecule has 1 aliphatic rings. The van der Waals surface area contributed by atoms with Crippen LogP contribution in [0, 0.1) is 5.92 Å². The van der Waals surface area contributed by atoms with Gasteiger partial charge in [-0.25, -0.2) is 0 Å². The smallest absolute Gasteiger partial charge is 0.207 e. The number of hydrogen-bond acceptors (Lipinski definition) is 4. The summed E-state index contributed by atoms with van der Waals surface area (Å²) in [6, 6.07) is 4.23. The van der Waals surface area contributed by atoms with Crippen molar-refractivity contribution in [2.24, 2.45) is 5.92 Å². The van der Waals surface area contributed by atoms with Crippen LogP contribution in [-0.4, -0.2) is 32.0 Å². The normalized spacial score (nSPS) is 16.2. The molecular formula is C20H29NO4. The number of aryl methyl sites for hydroxylation is 1. The van der Waals surface area contributed by atoms with Gasteiger partial charge in [0.15, 0.2) is 17.3 Å². The molecule has 1 unspecified atom stereocenters. The lowest BCUT2D eigenvalue weighted by Crippen LogP contribution is -2.21. The Balaban J connectivity index is 1.92. The van der Waals surface area contributed by atoms with Crippen LogP contribution < -0.4 is 14.8 Å². The first kappa shape index (κ1) is 19.3. The average Bonchev–Trinajstić information content (AvgIpc) is 2.59. The molecule has 0 aliphatic heterocycles. The predicted molar refractivity (Wildman–Crippen MR) is 97.2 cm³/mol. The van der Waals surface area contributed by atoms with Gasteiger partial charge in [0.1, 0.15) is 0 Å². The molecule has 138 valence electrons. The Morgan fingerprint density at radius 3 is 2.76 bits per heavy atom. The first-order valence-electron chi connectivity index (χ1n) is 9.08. The fraction of sp³-hybridized carbons (Fsp3) is 0.600. The fourth-order valence-electron chi connectivity index (χ4n) is 3.42. The molecule has 1 atom stereocenters. The second-order valence-corrected chi connectivity index (χ2v) is 6.98. The summed E-state index contributed by atoms with van der Waals surface area (Å²) in [5, 5.41) is 2.42. The Morgan fingerprint density at radius 2 is 2.08 bits per heavy atom. The van der Waals surface area contributed by atoms with E-state index < -0.39 is 0 Å². The van der Waals surface area contributed by atoms with E-state index in [4.69, 9.17) is 9.47 Å². The highest BCUT2D eigenvalue weighted by atomic mass is 16.5. The Kier molecular flexibility index (Phi) is 7.29. The zero-order chi connectivity index (χ0) is 18.2. The number of ketones is 1. The Hall–Kier alpha value is -2.04. The van der Waals surface area contributed by atoms with E-state index >= 15 is 0 Å². The quantitative estimate of drug-likeness (QED) is 0.661. The van der Waals surface area contributed by atoms with Crippen molar-refractivity contribution in [3.05, 3.63) is 23.3 Å². The van der Waals surface area contributed by atoms with Crippen LogP contribution in [0.1, 0.15) is 50.7 Å². The summed E-state index contributed by atoms with van der Waals surface area (Å²) in [6.45, 7) is 4.18. The molecule has 2 rings (SSSR count). The molecule has 0 saturated heterocycles. The van der Waals surface area contributed by atoms with Crippen LogP contribution in [0.4, 0.5) is 0 Å². The van der Waals surface area contributed by atoms with E-state index in [9.17, 15) is 9.59 Å². The minimum absolute atomic E-state index is 0.0976. The number of nitrogens with one attached hydrogen (secondary N) is 1. The van der Waals surface area contributed by atoms with E-state index in [1.165, 1.54) is 11.1 Å². The van der Waals surface area contributed by atoms with Crippen molar-refractivity contribution in [3.8, 4) is 11.5 Å².